The highest BCUT2D eigenvalue weighted by atomic mass is 32.1. The van der Waals surface area contributed by atoms with Crippen LogP contribution in [0, 0.1) is 0 Å². The van der Waals surface area contributed by atoms with Gasteiger partial charge in [0.1, 0.15) is 29.2 Å². The van der Waals surface area contributed by atoms with E-state index in [1.54, 1.807) is 22.2 Å². The monoisotopic (exact) mass is 330 g/mol. The molecule has 3 aromatic rings. The van der Waals surface area contributed by atoms with Crippen molar-refractivity contribution in [3.8, 4) is 0 Å². The van der Waals surface area contributed by atoms with E-state index in [4.69, 9.17) is 4.74 Å². The molecule has 1 atom stereocenters. The Morgan fingerprint density at radius 2 is 2.30 bits per heavy atom. The number of nitrogens with zero attached hydrogens (tertiary/aromatic N) is 5. The fourth-order valence-corrected chi connectivity index (χ4v) is 4.20. The lowest BCUT2D eigenvalue weighted by molar-refractivity contribution is -0.0759. The van der Waals surface area contributed by atoms with Crippen molar-refractivity contribution in [2.75, 3.05) is 18.0 Å². The second-order valence-corrected chi connectivity index (χ2v) is 6.91. The van der Waals surface area contributed by atoms with Crippen molar-refractivity contribution >= 4 is 27.4 Å². The molecule has 9 heteroatoms. The van der Waals surface area contributed by atoms with Crippen LogP contribution in [0.2, 0.25) is 0 Å². The normalized spacial score (nSPS) is 23.7. The van der Waals surface area contributed by atoms with Gasteiger partial charge in [-0.2, -0.15) is 5.10 Å². The van der Waals surface area contributed by atoms with E-state index in [0.29, 0.717) is 25.5 Å². The van der Waals surface area contributed by atoms with Gasteiger partial charge >= 0.3 is 5.69 Å². The maximum Gasteiger partial charge on any atom is 0.343 e. The maximum absolute atomic E-state index is 11.9. The number of fused-ring (bicyclic) bond motifs is 2. The first kappa shape index (κ1) is 13.2. The van der Waals surface area contributed by atoms with Crippen LogP contribution in [0.5, 0.6) is 0 Å². The summed E-state index contributed by atoms with van der Waals surface area (Å²) in [7, 11) is 0. The Morgan fingerprint density at radius 3 is 3.26 bits per heavy atom. The van der Waals surface area contributed by atoms with Crippen LogP contribution in [0.4, 0.5) is 5.82 Å². The van der Waals surface area contributed by atoms with Gasteiger partial charge in [0, 0.05) is 6.54 Å². The van der Waals surface area contributed by atoms with Crippen LogP contribution in [0.25, 0.3) is 10.2 Å². The van der Waals surface area contributed by atoms with Gasteiger partial charge in [0.25, 0.3) is 0 Å². The first-order valence-corrected chi connectivity index (χ1v) is 8.33. The number of aromatic amines is 1. The topological polar surface area (TPSA) is 88.9 Å². The molecule has 0 radical (unpaired) electrons. The average molecular weight is 330 g/mol. The first-order chi connectivity index (χ1) is 11.2. The Balaban J connectivity index is 1.48. The van der Waals surface area contributed by atoms with Crippen LogP contribution in [0.1, 0.15) is 12.2 Å². The number of ether oxygens (including phenoxy) is 1. The Hall–Kier alpha value is -2.26. The quantitative estimate of drug-likeness (QED) is 0.708. The van der Waals surface area contributed by atoms with Crippen LogP contribution in [-0.2, 0) is 17.9 Å². The summed E-state index contributed by atoms with van der Waals surface area (Å²) in [4.78, 5) is 23.8. The number of anilines is 1. The molecule has 5 rings (SSSR count). The molecule has 1 saturated heterocycles. The van der Waals surface area contributed by atoms with Crippen LogP contribution in [0.15, 0.2) is 22.6 Å². The minimum atomic E-state index is -0.353. The minimum Gasteiger partial charge on any atom is -0.363 e. The Bertz CT molecular complexity index is 946. The molecule has 5 heterocycles. The maximum atomic E-state index is 11.9. The van der Waals surface area contributed by atoms with E-state index in [-0.39, 0.29) is 11.3 Å². The van der Waals surface area contributed by atoms with Gasteiger partial charge in [0.05, 0.1) is 18.5 Å². The molecule has 0 bridgehead atoms. The Kier molecular flexibility index (Phi) is 2.65. The van der Waals surface area contributed by atoms with E-state index in [1.165, 1.54) is 0 Å². The molecule has 1 fully saturated rings. The number of rotatable bonds is 1. The van der Waals surface area contributed by atoms with Crippen molar-refractivity contribution in [2.24, 2.45) is 0 Å². The van der Waals surface area contributed by atoms with Gasteiger partial charge in [-0.15, -0.1) is 11.3 Å². The lowest BCUT2D eigenvalue weighted by atomic mass is 10.0. The summed E-state index contributed by atoms with van der Waals surface area (Å²) in [6.45, 7) is 2.46. The average Bonchev–Trinajstić information content (AvgIpc) is 3.27. The molecule has 118 valence electrons. The molecule has 23 heavy (non-hydrogen) atoms. The predicted molar refractivity (Wildman–Crippen MR) is 84.6 cm³/mol. The highest BCUT2D eigenvalue weighted by molar-refractivity contribution is 7.16. The number of nitrogens with one attached hydrogen (secondary N) is 1. The van der Waals surface area contributed by atoms with Crippen LogP contribution in [0.3, 0.4) is 0 Å². The van der Waals surface area contributed by atoms with Gasteiger partial charge in [-0.1, -0.05) is 0 Å². The summed E-state index contributed by atoms with van der Waals surface area (Å²) in [5.74, 6) is 1.61. The van der Waals surface area contributed by atoms with Crippen molar-refractivity contribution < 1.29 is 4.74 Å². The number of hydrogen-bond acceptors (Lipinski definition) is 7. The van der Waals surface area contributed by atoms with Crippen LogP contribution < -0.4 is 10.6 Å². The van der Waals surface area contributed by atoms with E-state index < -0.39 is 0 Å². The number of H-pyrrole nitrogens is 1. The lowest BCUT2D eigenvalue weighted by Crippen LogP contribution is -2.46. The molecule has 1 unspecified atom stereocenters. The van der Waals surface area contributed by atoms with Crippen molar-refractivity contribution in [2.45, 2.75) is 25.2 Å². The molecule has 0 saturated carbocycles. The van der Waals surface area contributed by atoms with E-state index in [1.807, 2.05) is 5.38 Å². The molecular weight excluding hydrogens is 316 g/mol. The fourth-order valence-electron chi connectivity index (χ4n) is 3.48. The molecule has 0 amide bonds. The van der Waals surface area contributed by atoms with E-state index in [2.05, 4.69) is 31.1 Å². The number of hydrogen-bond donors (Lipinski definition) is 1. The second kappa shape index (κ2) is 4.62. The second-order valence-electron chi connectivity index (χ2n) is 6.01. The van der Waals surface area contributed by atoms with Crippen LogP contribution >= 0.6 is 11.3 Å². The molecule has 1 N–H and O–H groups in total. The van der Waals surface area contributed by atoms with Gasteiger partial charge in [-0.3, -0.25) is 4.57 Å². The van der Waals surface area contributed by atoms with Gasteiger partial charge in [-0.05, 0) is 17.9 Å². The zero-order chi connectivity index (χ0) is 15.4. The smallest absolute Gasteiger partial charge is 0.343 e. The highest BCUT2D eigenvalue weighted by Crippen LogP contribution is 2.36. The first-order valence-electron chi connectivity index (χ1n) is 7.45. The Labute approximate surface area is 134 Å². The van der Waals surface area contributed by atoms with Gasteiger partial charge < -0.3 is 9.64 Å². The fraction of sp³-hybridized carbons (Fsp3) is 0.429. The molecule has 2 aliphatic rings. The van der Waals surface area contributed by atoms with E-state index in [9.17, 15) is 4.79 Å². The molecule has 0 aliphatic carbocycles. The molecular formula is C14H14N6O2S. The highest BCUT2D eigenvalue weighted by Gasteiger charge is 2.44. The standard InChI is InChI=1S/C14H14N6O2S/c21-13-18-17-10-5-22-14(7-20(10)13)2-3-19(6-14)11-9-1-4-23-12(9)16-8-15-11/h1,4,8H,2-3,5-7H2,(H,18,21). The third kappa shape index (κ3) is 1.93. The van der Waals surface area contributed by atoms with Gasteiger partial charge in [0.15, 0.2) is 5.82 Å². The SMILES string of the molecule is O=c1[nH]nc2n1CC1(CCN(c3ncnc4sccc34)C1)OC2. The summed E-state index contributed by atoms with van der Waals surface area (Å²) >= 11 is 1.61. The summed E-state index contributed by atoms with van der Waals surface area (Å²) < 4.78 is 7.77. The van der Waals surface area contributed by atoms with Crippen LogP contribution in [-0.4, -0.2) is 43.4 Å². The Morgan fingerprint density at radius 1 is 1.35 bits per heavy atom. The van der Waals surface area contributed by atoms with E-state index in [0.717, 1.165) is 29.0 Å². The lowest BCUT2D eigenvalue weighted by Gasteiger charge is -2.33. The van der Waals surface area contributed by atoms with Crippen molar-refractivity contribution in [3.63, 3.8) is 0 Å². The summed E-state index contributed by atoms with van der Waals surface area (Å²) in [6, 6.07) is 2.06. The summed E-state index contributed by atoms with van der Waals surface area (Å²) in [5.41, 5.74) is -0.517. The van der Waals surface area contributed by atoms with E-state index >= 15 is 0 Å². The van der Waals surface area contributed by atoms with Gasteiger partial charge in [0.2, 0.25) is 0 Å². The minimum absolute atomic E-state index is 0.164. The van der Waals surface area contributed by atoms with Crippen molar-refractivity contribution in [3.05, 3.63) is 34.1 Å². The largest absolute Gasteiger partial charge is 0.363 e. The molecule has 2 aliphatic heterocycles. The summed E-state index contributed by atoms with van der Waals surface area (Å²) in [6.07, 6.45) is 2.47. The van der Waals surface area contributed by atoms with Gasteiger partial charge in [-0.25, -0.2) is 19.9 Å². The predicted octanol–water partition coefficient (Wildman–Crippen LogP) is 0.755. The zero-order valence-electron chi connectivity index (χ0n) is 12.2. The molecule has 8 nitrogen and oxygen atoms in total. The van der Waals surface area contributed by atoms with Crippen molar-refractivity contribution in [1.29, 1.82) is 0 Å². The molecule has 0 aromatic carbocycles. The zero-order valence-corrected chi connectivity index (χ0v) is 13.0. The number of thiophene rings is 1. The molecule has 3 aromatic heterocycles. The third-order valence-electron chi connectivity index (χ3n) is 4.65. The van der Waals surface area contributed by atoms with Crippen molar-refractivity contribution in [1.82, 2.24) is 24.7 Å². The number of aromatic nitrogens is 5. The molecule has 1 spiro atoms. The third-order valence-corrected chi connectivity index (χ3v) is 5.47. The summed E-state index contributed by atoms with van der Waals surface area (Å²) in [5, 5.41) is 9.59.